The van der Waals surface area contributed by atoms with E-state index in [1.54, 1.807) is 24.1 Å². The molecule has 2 heterocycles. The monoisotopic (exact) mass is 356 g/mol. The number of nitrogens with zero attached hydrogens (tertiary/aromatic N) is 2. The fourth-order valence-electron chi connectivity index (χ4n) is 3.14. The molecule has 0 saturated carbocycles. The molecule has 0 aliphatic carbocycles. The second-order valence-electron chi connectivity index (χ2n) is 6.60. The molecule has 132 valence electrons. The summed E-state index contributed by atoms with van der Waals surface area (Å²) in [6, 6.07) is 12.0. The second-order valence-corrected chi connectivity index (χ2v) is 7.68. The van der Waals surface area contributed by atoms with Crippen molar-refractivity contribution in [2.45, 2.75) is 32.7 Å². The number of piperidine rings is 1. The Labute approximate surface area is 153 Å². The van der Waals surface area contributed by atoms with Gasteiger partial charge in [0.15, 0.2) is 5.78 Å². The van der Waals surface area contributed by atoms with Gasteiger partial charge in [-0.25, -0.2) is 0 Å². The summed E-state index contributed by atoms with van der Waals surface area (Å²) >= 11 is 1.26. The highest BCUT2D eigenvalue weighted by Gasteiger charge is 2.16. The first-order valence-corrected chi connectivity index (χ1v) is 9.56. The predicted octanol–water partition coefficient (Wildman–Crippen LogP) is 4.21. The SMILES string of the molecule is CC(=O)c1ccc(C(=O)N(C)Cc2ccc(N3CCCCC3)cc2)s1. The maximum absolute atomic E-state index is 12.5. The zero-order valence-corrected chi connectivity index (χ0v) is 15.6. The van der Waals surface area contributed by atoms with Crippen molar-refractivity contribution in [3.8, 4) is 0 Å². The first-order chi connectivity index (χ1) is 12.0. The molecule has 25 heavy (non-hydrogen) atoms. The lowest BCUT2D eigenvalue weighted by molar-refractivity contribution is 0.0789. The van der Waals surface area contributed by atoms with Crippen molar-refractivity contribution in [3.05, 3.63) is 51.7 Å². The van der Waals surface area contributed by atoms with Crippen LogP contribution in [0.25, 0.3) is 0 Å². The van der Waals surface area contributed by atoms with E-state index in [0.717, 1.165) is 18.7 Å². The zero-order chi connectivity index (χ0) is 17.8. The van der Waals surface area contributed by atoms with Gasteiger partial charge >= 0.3 is 0 Å². The highest BCUT2D eigenvalue weighted by atomic mass is 32.1. The van der Waals surface area contributed by atoms with E-state index in [4.69, 9.17) is 0 Å². The van der Waals surface area contributed by atoms with Crippen molar-refractivity contribution >= 4 is 28.7 Å². The number of carbonyl (C=O) groups excluding carboxylic acids is 2. The molecule has 0 unspecified atom stereocenters. The van der Waals surface area contributed by atoms with Crippen LogP contribution in [0.3, 0.4) is 0 Å². The molecule has 1 fully saturated rings. The van der Waals surface area contributed by atoms with Gasteiger partial charge < -0.3 is 9.80 Å². The molecule has 0 atom stereocenters. The number of hydrogen-bond donors (Lipinski definition) is 0. The number of carbonyl (C=O) groups is 2. The standard InChI is InChI=1S/C20H24N2O2S/c1-15(23)18-10-11-19(25-18)20(24)21(2)14-16-6-8-17(9-7-16)22-12-4-3-5-13-22/h6-11H,3-5,12-14H2,1-2H3. The van der Waals surface area contributed by atoms with Crippen LogP contribution in [0.4, 0.5) is 5.69 Å². The van der Waals surface area contributed by atoms with Gasteiger partial charge in [0, 0.05) is 32.4 Å². The molecule has 1 aliphatic rings. The van der Waals surface area contributed by atoms with Gasteiger partial charge in [-0.3, -0.25) is 9.59 Å². The number of rotatable bonds is 5. The smallest absolute Gasteiger partial charge is 0.263 e. The van der Waals surface area contributed by atoms with Gasteiger partial charge in [0.1, 0.15) is 0 Å². The summed E-state index contributed by atoms with van der Waals surface area (Å²) in [6.45, 7) is 4.35. The van der Waals surface area contributed by atoms with E-state index < -0.39 is 0 Å². The van der Waals surface area contributed by atoms with E-state index in [0.29, 0.717) is 16.3 Å². The van der Waals surface area contributed by atoms with Crippen LogP contribution in [0.2, 0.25) is 0 Å². The number of hydrogen-bond acceptors (Lipinski definition) is 4. The highest BCUT2D eigenvalue weighted by Crippen LogP contribution is 2.22. The number of anilines is 1. The molecule has 1 aromatic carbocycles. The van der Waals surface area contributed by atoms with Crippen LogP contribution in [-0.4, -0.2) is 36.7 Å². The largest absolute Gasteiger partial charge is 0.372 e. The van der Waals surface area contributed by atoms with E-state index in [-0.39, 0.29) is 11.7 Å². The Hall–Kier alpha value is -2.14. The van der Waals surface area contributed by atoms with Crippen molar-refractivity contribution in [2.24, 2.45) is 0 Å². The first-order valence-electron chi connectivity index (χ1n) is 8.75. The van der Waals surface area contributed by atoms with Crippen LogP contribution >= 0.6 is 11.3 Å². The summed E-state index contributed by atoms with van der Waals surface area (Å²) in [7, 11) is 1.80. The van der Waals surface area contributed by atoms with Crippen molar-refractivity contribution in [3.63, 3.8) is 0 Å². The first kappa shape index (κ1) is 17.7. The van der Waals surface area contributed by atoms with E-state index in [9.17, 15) is 9.59 Å². The van der Waals surface area contributed by atoms with Gasteiger partial charge in [0.25, 0.3) is 5.91 Å². The Kier molecular flexibility index (Phi) is 5.53. The lowest BCUT2D eigenvalue weighted by Crippen LogP contribution is -2.29. The van der Waals surface area contributed by atoms with Gasteiger partial charge in [-0.05, 0) is 56.0 Å². The molecule has 4 nitrogen and oxygen atoms in total. The molecule has 1 amide bonds. The highest BCUT2D eigenvalue weighted by molar-refractivity contribution is 7.15. The second kappa shape index (κ2) is 7.83. The minimum absolute atomic E-state index is 0.00000422. The third kappa shape index (κ3) is 4.28. The van der Waals surface area contributed by atoms with Crippen LogP contribution in [-0.2, 0) is 6.54 Å². The Balaban J connectivity index is 1.62. The molecule has 0 N–H and O–H groups in total. The molecular formula is C20H24N2O2S. The molecule has 2 aromatic rings. The summed E-state index contributed by atoms with van der Waals surface area (Å²) in [5.74, 6) is -0.0439. The summed E-state index contributed by atoms with van der Waals surface area (Å²) in [6.07, 6.45) is 3.86. The van der Waals surface area contributed by atoms with Crippen LogP contribution < -0.4 is 4.90 Å². The third-order valence-corrected chi connectivity index (χ3v) is 5.76. The zero-order valence-electron chi connectivity index (χ0n) is 14.8. The summed E-state index contributed by atoms with van der Waals surface area (Å²) in [4.78, 5) is 29.3. The third-order valence-electron chi connectivity index (χ3n) is 4.59. The Bertz CT molecular complexity index is 745. The van der Waals surface area contributed by atoms with Crippen molar-refractivity contribution in [1.82, 2.24) is 4.90 Å². The number of amides is 1. The number of benzene rings is 1. The molecule has 0 bridgehead atoms. The van der Waals surface area contributed by atoms with Gasteiger partial charge in [0.05, 0.1) is 9.75 Å². The molecular weight excluding hydrogens is 332 g/mol. The Morgan fingerprint density at radius 2 is 1.64 bits per heavy atom. The molecule has 0 spiro atoms. The topological polar surface area (TPSA) is 40.6 Å². The number of thiophene rings is 1. The van der Waals surface area contributed by atoms with Crippen LogP contribution in [0, 0.1) is 0 Å². The molecule has 1 aromatic heterocycles. The summed E-state index contributed by atoms with van der Waals surface area (Å²) in [5, 5.41) is 0. The van der Waals surface area contributed by atoms with Crippen molar-refractivity contribution in [1.29, 1.82) is 0 Å². The van der Waals surface area contributed by atoms with E-state index in [1.807, 2.05) is 0 Å². The number of Topliss-reactive ketones (excluding diaryl/α,β-unsaturated/α-hetero) is 1. The Morgan fingerprint density at radius 1 is 1.00 bits per heavy atom. The normalized spacial score (nSPS) is 14.4. The van der Waals surface area contributed by atoms with Gasteiger partial charge in [-0.2, -0.15) is 0 Å². The average Bonchev–Trinajstić information content (AvgIpc) is 3.13. The molecule has 3 rings (SSSR count). The maximum Gasteiger partial charge on any atom is 0.263 e. The fraction of sp³-hybridized carbons (Fsp3) is 0.400. The minimum Gasteiger partial charge on any atom is -0.372 e. The summed E-state index contributed by atoms with van der Waals surface area (Å²) < 4.78 is 0. The quantitative estimate of drug-likeness (QED) is 0.754. The lowest BCUT2D eigenvalue weighted by Gasteiger charge is -2.29. The van der Waals surface area contributed by atoms with Gasteiger partial charge in [-0.1, -0.05) is 12.1 Å². The van der Waals surface area contributed by atoms with Gasteiger partial charge in [-0.15, -0.1) is 11.3 Å². The predicted molar refractivity (Wildman–Crippen MR) is 103 cm³/mol. The van der Waals surface area contributed by atoms with Crippen LogP contribution in [0.15, 0.2) is 36.4 Å². The maximum atomic E-state index is 12.5. The molecule has 0 radical (unpaired) electrons. The van der Waals surface area contributed by atoms with Crippen LogP contribution in [0.5, 0.6) is 0 Å². The van der Waals surface area contributed by atoms with Crippen molar-refractivity contribution in [2.75, 3.05) is 25.0 Å². The lowest BCUT2D eigenvalue weighted by atomic mass is 10.1. The summed E-state index contributed by atoms with van der Waals surface area (Å²) in [5.41, 5.74) is 2.38. The van der Waals surface area contributed by atoms with E-state index >= 15 is 0 Å². The average molecular weight is 356 g/mol. The number of ketones is 1. The van der Waals surface area contributed by atoms with Crippen molar-refractivity contribution < 1.29 is 9.59 Å². The molecule has 1 saturated heterocycles. The Morgan fingerprint density at radius 3 is 2.24 bits per heavy atom. The molecule has 5 heteroatoms. The van der Waals surface area contributed by atoms with E-state index in [1.165, 1.54) is 43.2 Å². The fourth-order valence-corrected chi connectivity index (χ4v) is 4.04. The van der Waals surface area contributed by atoms with Gasteiger partial charge in [0.2, 0.25) is 0 Å². The van der Waals surface area contributed by atoms with E-state index in [2.05, 4.69) is 29.2 Å². The minimum atomic E-state index is -0.0439. The molecule has 1 aliphatic heterocycles. The van der Waals surface area contributed by atoms with Crippen LogP contribution in [0.1, 0.15) is 51.1 Å².